The monoisotopic (exact) mass is 285 g/mol. The van der Waals surface area contributed by atoms with Crippen LogP contribution in [0.3, 0.4) is 0 Å². The van der Waals surface area contributed by atoms with Gasteiger partial charge in [0.1, 0.15) is 12.2 Å². The summed E-state index contributed by atoms with van der Waals surface area (Å²) < 4.78 is 41.1. The van der Waals surface area contributed by atoms with Crippen molar-refractivity contribution in [2.75, 3.05) is 0 Å². The number of aromatic nitrogens is 3. The zero-order chi connectivity index (χ0) is 14.7. The minimum Gasteiger partial charge on any atom is -0.271 e. The summed E-state index contributed by atoms with van der Waals surface area (Å²) in [6, 6.07) is 1.22. The Bertz CT molecular complexity index is 576. The van der Waals surface area contributed by atoms with Gasteiger partial charge < -0.3 is 0 Å². The average Bonchev–Trinajstić information content (AvgIpc) is 2.88. The molecule has 5 nitrogen and oxygen atoms in total. The summed E-state index contributed by atoms with van der Waals surface area (Å²) in [5.41, 5.74) is 2.65. The Balaban J connectivity index is 2.29. The Kier molecular flexibility index (Phi) is 4.35. The third kappa shape index (κ3) is 2.81. The average molecular weight is 285 g/mol. The first-order valence-corrected chi connectivity index (χ1v) is 6.04. The third-order valence-electron chi connectivity index (χ3n) is 2.99. The standard InChI is InChI=1S/C12H14F3N5/c1-2-20-11(17-6-18-20)5-10(19-16)7-3-8(13)12(15)9(14)4-7/h3-4,6,10,19H,2,5,16H2,1H3. The topological polar surface area (TPSA) is 68.8 Å². The number of aryl methyl sites for hydroxylation is 1. The highest BCUT2D eigenvalue weighted by atomic mass is 19.2. The first-order valence-electron chi connectivity index (χ1n) is 6.04. The van der Waals surface area contributed by atoms with E-state index in [-0.39, 0.29) is 12.0 Å². The van der Waals surface area contributed by atoms with Crippen molar-refractivity contribution in [3.8, 4) is 0 Å². The van der Waals surface area contributed by atoms with Crippen molar-refractivity contribution < 1.29 is 13.2 Å². The highest BCUT2D eigenvalue weighted by Gasteiger charge is 2.19. The fraction of sp³-hybridized carbons (Fsp3) is 0.333. The lowest BCUT2D eigenvalue weighted by Crippen LogP contribution is -2.30. The van der Waals surface area contributed by atoms with Gasteiger partial charge in [-0.2, -0.15) is 5.10 Å². The Hall–Kier alpha value is -1.93. The lowest BCUT2D eigenvalue weighted by molar-refractivity contribution is 0.437. The highest BCUT2D eigenvalue weighted by Crippen LogP contribution is 2.21. The number of hydrogen-bond acceptors (Lipinski definition) is 4. The molecule has 1 heterocycles. The van der Waals surface area contributed by atoms with E-state index in [9.17, 15) is 13.2 Å². The van der Waals surface area contributed by atoms with E-state index in [1.807, 2.05) is 6.92 Å². The SMILES string of the molecule is CCn1ncnc1CC(NN)c1cc(F)c(F)c(F)c1. The van der Waals surface area contributed by atoms with Gasteiger partial charge in [0.25, 0.3) is 0 Å². The molecule has 108 valence electrons. The number of nitrogens with one attached hydrogen (secondary N) is 1. The van der Waals surface area contributed by atoms with E-state index in [4.69, 9.17) is 5.84 Å². The molecule has 1 aromatic carbocycles. The predicted molar refractivity (Wildman–Crippen MR) is 65.8 cm³/mol. The number of benzene rings is 1. The number of halogens is 3. The van der Waals surface area contributed by atoms with Gasteiger partial charge in [-0.05, 0) is 24.6 Å². The van der Waals surface area contributed by atoms with E-state index in [2.05, 4.69) is 15.5 Å². The lowest BCUT2D eigenvalue weighted by Gasteiger charge is -2.16. The Labute approximate surface area is 113 Å². The van der Waals surface area contributed by atoms with E-state index in [1.165, 1.54) is 6.33 Å². The van der Waals surface area contributed by atoms with E-state index in [1.54, 1.807) is 4.68 Å². The molecule has 0 saturated heterocycles. The summed E-state index contributed by atoms with van der Waals surface area (Å²) in [7, 11) is 0. The molecule has 0 aliphatic carbocycles. The maximum absolute atomic E-state index is 13.2. The Morgan fingerprint density at radius 2 is 1.95 bits per heavy atom. The molecule has 2 aromatic rings. The summed E-state index contributed by atoms with van der Waals surface area (Å²) in [5.74, 6) is 2.01. The minimum absolute atomic E-state index is 0.203. The van der Waals surface area contributed by atoms with Crippen LogP contribution in [0.2, 0.25) is 0 Å². The molecule has 0 saturated carbocycles. The number of nitrogens with zero attached hydrogens (tertiary/aromatic N) is 3. The quantitative estimate of drug-likeness (QED) is 0.496. The van der Waals surface area contributed by atoms with Gasteiger partial charge in [0, 0.05) is 13.0 Å². The smallest absolute Gasteiger partial charge is 0.194 e. The molecule has 0 radical (unpaired) electrons. The van der Waals surface area contributed by atoms with E-state index >= 15 is 0 Å². The second-order valence-electron chi connectivity index (χ2n) is 4.21. The van der Waals surface area contributed by atoms with Gasteiger partial charge in [0.2, 0.25) is 0 Å². The zero-order valence-electron chi connectivity index (χ0n) is 10.8. The zero-order valence-corrected chi connectivity index (χ0v) is 10.8. The van der Waals surface area contributed by atoms with Crippen LogP contribution in [0.15, 0.2) is 18.5 Å². The molecular formula is C12H14F3N5. The van der Waals surface area contributed by atoms with Gasteiger partial charge in [-0.1, -0.05) is 0 Å². The molecular weight excluding hydrogens is 271 g/mol. The molecule has 20 heavy (non-hydrogen) atoms. The first kappa shape index (κ1) is 14.5. The molecule has 0 fully saturated rings. The van der Waals surface area contributed by atoms with Gasteiger partial charge in [-0.3, -0.25) is 16.0 Å². The molecule has 1 aromatic heterocycles. The minimum atomic E-state index is -1.50. The highest BCUT2D eigenvalue weighted by molar-refractivity contribution is 5.23. The van der Waals surface area contributed by atoms with Crippen LogP contribution in [0.25, 0.3) is 0 Å². The molecule has 1 unspecified atom stereocenters. The summed E-state index contributed by atoms with van der Waals surface area (Å²) in [5, 5.41) is 3.99. The molecule has 0 spiro atoms. The van der Waals surface area contributed by atoms with Crippen molar-refractivity contribution in [1.82, 2.24) is 20.2 Å². The fourth-order valence-corrected chi connectivity index (χ4v) is 1.94. The van der Waals surface area contributed by atoms with Crippen molar-refractivity contribution in [2.45, 2.75) is 25.9 Å². The van der Waals surface area contributed by atoms with Crippen molar-refractivity contribution in [3.63, 3.8) is 0 Å². The van der Waals surface area contributed by atoms with Gasteiger partial charge in [0.05, 0.1) is 6.04 Å². The number of rotatable bonds is 5. The molecule has 1 atom stereocenters. The number of nitrogens with two attached hydrogens (primary N) is 1. The van der Waals surface area contributed by atoms with Crippen LogP contribution in [-0.2, 0) is 13.0 Å². The Morgan fingerprint density at radius 3 is 2.50 bits per heavy atom. The van der Waals surface area contributed by atoms with Crippen molar-refractivity contribution in [1.29, 1.82) is 0 Å². The summed E-state index contributed by atoms with van der Waals surface area (Å²) in [6.07, 6.45) is 1.66. The van der Waals surface area contributed by atoms with Crippen LogP contribution in [0.5, 0.6) is 0 Å². The molecule has 0 bridgehead atoms. The fourth-order valence-electron chi connectivity index (χ4n) is 1.94. The van der Waals surface area contributed by atoms with Crippen LogP contribution in [0.4, 0.5) is 13.2 Å². The van der Waals surface area contributed by atoms with Crippen molar-refractivity contribution in [2.24, 2.45) is 5.84 Å². The third-order valence-corrected chi connectivity index (χ3v) is 2.99. The molecule has 2 rings (SSSR count). The summed E-state index contributed by atoms with van der Waals surface area (Å²) in [6.45, 7) is 2.50. The molecule has 3 N–H and O–H groups in total. The van der Waals surface area contributed by atoms with Crippen LogP contribution in [-0.4, -0.2) is 14.8 Å². The predicted octanol–water partition coefficient (Wildman–Crippen LogP) is 1.46. The van der Waals surface area contributed by atoms with Gasteiger partial charge in [-0.15, -0.1) is 0 Å². The summed E-state index contributed by atoms with van der Waals surface area (Å²) in [4.78, 5) is 4.06. The van der Waals surface area contributed by atoms with Crippen molar-refractivity contribution in [3.05, 3.63) is 47.3 Å². The van der Waals surface area contributed by atoms with Gasteiger partial charge in [-0.25, -0.2) is 18.2 Å². The van der Waals surface area contributed by atoms with Gasteiger partial charge >= 0.3 is 0 Å². The summed E-state index contributed by atoms with van der Waals surface area (Å²) >= 11 is 0. The van der Waals surface area contributed by atoms with E-state index in [0.29, 0.717) is 12.4 Å². The number of hydrazine groups is 1. The van der Waals surface area contributed by atoms with Crippen LogP contribution in [0.1, 0.15) is 24.4 Å². The first-order chi connectivity index (χ1) is 9.56. The lowest BCUT2D eigenvalue weighted by atomic mass is 10.0. The second-order valence-corrected chi connectivity index (χ2v) is 4.21. The van der Waals surface area contributed by atoms with Crippen LogP contribution >= 0.6 is 0 Å². The number of hydrogen-bond donors (Lipinski definition) is 2. The normalized spacial score (nSPS) is 12.7. The molecule has 0 aliphatic heterocycles. The van der Waals surface area contributed by atoms with Gasteiger partial charge in [0.15, 0.2) is 17.5 Å². The van der Waals surface area contributed by atoms with E-state index < -0.39 is 23.5 Å². The molecule has 8 heteroatoms. The van der Waals surface area contributed by atoms with Crippen molar-refractivity contribution >= 4 is 0 Å². The second kappa shape index (κ2) is 6.02. The van der Waals surface area contributed by atoms with Crippen LogP contribution < -0.4 is 11.3 Å². The molecule has 0 amide bonds. The maximum Gasteiger partial charge on any atom is 0.194 e. The molecule has 0 aliphatic rings. The largest absolute Gasteiger partial charge is 0.271 e. The van der Waals surface area contributed by atoms with Crippen LogP contribution in [0, 0.1) is 17.5 Å². The Morgan fingerprint density at radius 1 is 1.30 bits per heavy atom. The van der Waals surface area contributed by atoms with E-state index in [0.717, 1.165) is 12.1 Å². The maximum atomic E-state index is 13.2.